The first-order chi connectivity index (χ1) is 12.9. The third-order valence-electron chi connectivity index (χ3n) is 4.89. The molecule has 1 saturated heterocycles. The Balaban J connectivity index is 1.55. The van der Waals surface area contributed by atoms with Gasteiger partial charge in [0.2, 0.25) is 0 Å². The van der Waals surface area contributed by atoms with Gasteiger partial charge in [-0.05, 0) is 49.7 Å². The first-order valence-electron chi connectivity index (χ1n) is 9.08. The Bertz CT molecular complexity index is 784. The number of hydrogen-bond donors (Lipinski definition) is 0. The van der Waals surface area contributed by atoms with Crippen LogP contribution in [0.15, 0.2) is 53.0 Å². The molecular formula is C21H24BrFN2O2. The fourth-order valence-electron chi connectivity index (χ4n) is 3.38. The summed E-state index contributed by atoms with van der Waals surface area (Å²) in [5.74, 6) is 0.449. The van der Waals surface area contributed by atoms with E-state index in [2.05, 4.69) is 34.7 Å². The predicted molar refractivity (Wildman–Crippen MR) is 107 cm³/mol. The summed E-state index contributed by atoms with van der Waals surface area (Å²) in [5.41, 5.74) is 1.08. The third kappa shape index (κ3) is 5.30. The van der Waals surface area contributed by atoms with Crippen molar-refractivity contribution >= 4 is 21.8 Å². The molecule has 0 bridgehead atoms. The van der Waals surface area contributed by atoms with Crippen molar-refractivity contribution in [3.05, 3.63) is 64.4 Å². The highest BCUT2D eigenvalue weighted by atomic mass is 79.9. The first kappa shape index (κ1) is 19.8. The van der Waals surface area contributed by atoms with Crippen LogP contribution in [0.25, 0.3) is 0 Å². The van der Waals surface area contributed by atoms with Crippen molar-refractivity contribution in [1.29, 1.82) is 0 Å². The summed E-state index contributed by atoms with van der Waals surface area (Å²) in [6.45, 7) is 6.39. The predicted octanol–water partition coefficient (Wildman–Crippen LogP) is 4.09. The molecule has 2 unspecified atom stereocenters. The summed E-state index contributed by atoms with van der Waals surface area (Å²) < 4.78 is 19.7. The molecule has 1 amide bonds. The topological polar surface area (TPSA) is 32.8 Å². The quantitative estimate of drug-likeness (QED) is 0.710. The summed E-state index contributed by atoms with van der Waals surface area (Å²) in [7, 11) is 0. The second-order valence-corrected chi connectivity index (χ2v) is 7.96. The monoisotopic (exact) mass is 434 g/mol. The summed E-state index contributed by atoms with van der Waals surface area (Å²) in [4.78, 5) is 16.9. The highest BCUT2D eigenvalue weighted by molar-refractivity contribution is 9.10. The second-order valence-electron chi connectivity index (χ2n) is 7.05. The van der Waals surface area contributed by atoms with Crippen molar-refractivity contribution < 1.29 is 13.9 Å². The zero-order chi connectivity index (χ0) is 19.4. The lowest BCUT2D eigenvalue weighted by molar-refractivity contribution is -0.139. The molecule has 3 rings (SSSR count). The van der Waals surface area contributed by atoms with Gasteiger partial charge in [0.25, 0.3) is 5.91 Å². The molecule has 1 aliphatic heterocycles. The zero-order valence-electron chi connectivity index (χ0n) is 15.6. The van der Waals surface area contributed by atoms with Crippen molar-refractivity contribution in [3.63, 3.8) is 0 Å². The average molecular weight is 435 g/mol. The van der Waals surface area contributed by atoms with Gasteiger partial charge in [0, 0.05) is 36.2 Å². The summed E-state index contributed by atoms with van der Waals surface area (Å²) in [5, 5.41) is 0. The summed E-state index contributed by atoms with van der Waals surface area (Å²) >= 11 is 3.40. The van der Waals surface area contributed by atoms with E-state index in [9.17, 15) is 9.18 Å². The van der Waals surface area contributed by atoms with Crippen LogP contribution in [0.2, 0.25) is 0 Å². The van der Waals surface area contributed by atoms with Crippen LogP contribution in [0, 0.1) is 5.82 Å². The Hall–Kier alpha value is -1.92. The lowest BCUT2D eigenvalue weighted by Crippen LogP contribution is -2.58. The van der Waals surface area contributed by atoms with Gasteiger partial charge in [-0.2, -0.15) is 0 Å². The van der Waals surface area contributed by atoms with Gasteiger partial charge in [-0.1, -0.05) is 34.1 Å². The number of benzene rings is 2. The maximum Gasteiger partial charge on any atom is 0.260 e. The van der Waals surface area contributed by atoms with Crippen molar-refractivity contribution in [2.24, 2.45) is 0 Å². The molecule has 27 heavy (non-hydrogen) atoms. The van der Waals surface area contributed by atoms with Crippen LogP contribution >= 0.6 is 15.9 Å². The van der Waals surface area contributed by atoms with E-state index in [0.717, 1.165) is 23.1 Å². The van der Waals surface area contributed by atoms with E-state index in [1.165, 1.54) is 12.1 Å². The molecule has 0 radical (unpaired) electrons. The molecule has 1 aliphatic rings. The van der Waals surface area contributed by atoms with E-state index in [-0.39, 0.29) is 30.4 Å². The summed E-state index contributed by atoms with van der Waals surface area (Å²) in [6, 6.07) is 14.4. The number of halogens is 2. The number of ether oxygens (including phenoxy) is 1. The Morgan fingerprint density at radius 1 is 1.15 bits per heavy atom. The fourth-order valence-corrected chi connectivity index (χ4v) is 3.75. The Morgan fingerprint density at radius 2 is 1.89 bits per heavy atom. The van der Waals surface area contributed by atoms with Crippen LogP contribution in [0.4, 0.5) is 4.39 Å². The molecule has 0 N–H and O–H groups in total. The van der Waals surface area contributed by atoms with E-state index >= 15 is 0 Å². The molecule has 144 valence electrons. The van der Waals surface area contributed by atoms with Gasteiger partial charge in [-0.15, -0.1) is 0 Å². The van der Waals surface area contributed by atoms with Gasteiger partial charge in [-0.25, -0.2) is 4.39 Å². The van der Waals surface area contributed by atoms with Gasteiger partial charge in [-0.3, -0.25) is 9.69 Å². The number of hydrogen-bond acceptors (Lipinski definition) is 3. The highest BCUT2D eigenvalue weighted by Gasteiger charge is 2.32. The molecule has 1 fully saturated rings. The third-order valence-corrected chi connectivity index (χ3v) is 5.39. The van der Waals surface area contributed by atoms with Gasteiger partial charge in [0.15, 0.2) is 6.61 Å². The smallest absolute Gasteiger partial charge is 0.260 e. The fraction of sp³-hybridized carbons (Fsp3) is 0.381. The minimum atomic E-state index is -0.221. The lowest BCUT2D eigenvalue weighted by Gasteiger charge is -2.44. The molecule has 0 aliphatic carbocycles. The van der Waals surface area contributed by atoms with Gasteiger partial charge >= 0.3 is 0 Å². The van der Waals surface area contributed by atoms with Crippen LogP contribution in [0.3, 0.4) is 0 Å². The van der Waals surface area contributed by atoms with E-state index < -0.39 is 0 Å². The number of nitrogens with zero attached hydrogens (tertiary/aromatic N) is 2. The SMILES string of the molecule is CC1CN(C(=O)COc2cccc(Br)c2)C(C)CN1Cc1ccc(F)cc1. The molecule has 2 aromatic carbocycles. The average Bonchev–Trinajstić information content (AvgIpc) is 2.64. The van der Waals surface area contributed by atoms with Gasteiger partial charge in [0.1, 0.15) is 11.6 Å². The molecule has 2 atom stereocenters. The molecule has 4 nitrogen and oxygen atoms in total. The normalized spacial score (nSPS) is 20.5. The molecule has 0 aromatic heterocycles. The number of piperazine rings is 1. The van der Waals surface area contributed by atoms with Crippen molar-refractivity contribution in [1.82, 2.24) is 9.80 Å². The highest BCUT2D eigenvalue weighted by Crippen LogP contribution is 2.20. The van der Waals surface area contributed by atoms with Crippen LogP contribution < -0.4 is 4.74 Å². The van der Waals surface area contributed by atoms with E-state index in [1.807, 2.05) is 41.3 Å². The zero-order valence-corrected chi connectivity index (χ0v) is 17.2. The van der Waals surface area contributed by atoms with Crippen LogP contribution in [-0.2, 0) is 11.3 Å². The number of carbonyl (C=O) groups excluding carboxylic acids is 1. The Morgan fingerprint density at radius 3 is 2.59 bits per heavy atom. The number of rotatable bonds is 5. The van der Waals surface area contributed by atoms with E-state index in [1.54, 1.807) is 0 Å². The standard InChI is InChI=1S/C21H24BrFN2O2/c1-15-12-25(21(26)14-27-20-5-3-4-18(22)10-20)16(2)11-24(15)13-17-6-8-19(23)9-7-17/h3-10,15-16H,11-14H2,1-2H3. The molecule has 6 heteroatoms. The molecule has 0 saturated carbocycles. The molecule has 2 aromatic rings. The van der Waals surface area contributed by atoms with Gasteiger partial charge < -0.3 is 9.64 Å². The molecule has 1 heterocycles. The van der Waals surface area contributed by atoms with Crippen molar-refractivity contribution in [2.45, 2.75) is 32.5 Å². The first-order valence-corrected chi connectivity index (χ1v) is 9.88. The summed E-state index contributed by atoms with van der Waals surface area (Å²) in [6.07, 6.45) is 0. The van der Waals surface area contributed by atoms with Crippen molar-refractivity contribution in [2.75, 3.05) is 19.7 Å². The number of carbonyl (C=O) groups is 1. The molecular weight excluding hydrogens is 411 g/mol. The molecule has 0 spiro atoms. The van der Waals surface area contributed by atoms with Crippen molar-refractivity contribution in [3.8, 4) is 5.75 Å². The minimum absolute atomic E-state index is 0.00393. The lowest BCUT2D eigenvalue weighted by atomic mass is 10.1. The second kappa shape index (κ2) is 8.85. The van der Waals surface area contributed by atoms with Gasteiger partial charge in [0.05, 0.1) is 0 Å². The largest absolute Gasteiger partial charge is 0.484 e. The maximum absolute atomic E-state index is 13.1. The van der Waals surface area contributed by atoms with Crippen LogP contribution in [-0.4, -0.2) is 47.5 Å². The Labute approximate surface area is 168 Å². The Kier molecular flexibility index (Phi) is 6.50. The van der Waals surface area contributed by atoms with Crippen LogP contribution in [0.5, 0.6) is 5.75 Å². The van der Waals surface area contributed by atoms with E-state index in [0.29, 0.717) is 12.3 Å². The number of amides is 1. The maximum atomic E-state index is 13.1. The minimum Gasteiger partial charge on any atom is -0.484 e. The van der Waals surface area contributed by atoms with E-state index in [4.69, 9.17) is 4.74 Å². The van der Waals surface area contributed by atoms with Crippen LogP contribution in [0.1, 0.15) is 19.4 Å².